The van der Waals surface area contributed by atoms with E-state index >= 15 is 0 Å². The van der Waals surface area contributed by atoms with Crippen LogP contribution in [0.4, 0.5) is 5.82 Å². The van der Waals surface area contributed by atoms with Crippen LogP contribution in [0.2, 0.25) is 0 Å². The summed E-state index contributed by atoms with van der Waals surface area (Å²) in [4.78, 5) is 18.5. The predicted octanol–water partition coefficient (Wildman–Crippen LogP) is 3.40. The van der Waals surface area contributed by atoms with Crippen LogP contribution in [-0.2, 0) is 6.42 Å². The normalized spacial score (nSPS) is 15.1. The third-order valence-corrected chi connectivity index (χ3v) is 5.25. The minimum absolute atomic E-state index is 0.156. The van der Waals surface area contributed by atoms with Gasteiger partial charge in [0.25, 0.3) is 5.56 Å². The van der Waals surface area contributed by atoms with Crippen LogP contribution >= 0.6 is 0 Å². The van der Waals surface area contributed by atoms with Gasteiger partial charge in [-0.3, -0.25) is 4.79 Å². The lowest BCUT2D eigenvalue weighted by Crippen LogP contribution is -2.39. The highest BCUT2D eigenvalue weighted by Gasteiger charge is 2.23. The molecule has 3 aromatic rings. The first kappa shape index (κ1) is 18.5. The van der Waals surface area contributed by atoms with Crippen molar-refractivity contribution in [2.75, 3.05) is 18.0 Å². The number of hydrogen-bond donors (Lipinski definition) is 0. The molecule has 3 heterocycles. The minimum atomic E-state index is -0.156. The van der Waals surface area contributed by atoms with Crippen LogP contribution in [-0.4, -0.2) is 33.8 Å². The lowest BCUT2D eigenvalue weighted by atomic mass is 10.1. The summed E-state index contributed by atoms with van der Waals surface area (Å²) in [5.41, 5.74) is 2.81. The maximum absolute atomic E-state index is 12.1. The molecule has 0 spiro atoms. The Hall–Kier alpha value is -2.89. The summed E-state index contributed by atoms with van der Waals surface area (Å²) in [5, 5.41) is 4.56. The zero-order valence-corrected chi connectivity index (χ0v) is 16.5. The molecule has 1 saturated heterocycles. The Morgan fingerprint density at radius 1 is 1.14 bits per heavy atom. The molecule has 0 amide bonds. The molecule has 0 bridgehead atoms. The Labute approximate surface area is 164 Å². The van der Waals surface area contributed by atoms with Crippen LogP contribution in [0.1, 0.15) is 37.3 Å². The molecule has 1 aliphatic heterocycles. The average molecular weight is 378 g/mol. The molecule has 0 radical (unpaired) electrons. The van der Waals surface area contributed by atoms with Crippen molar-refractivity contribution < 1.29 is 4.74 Å². The average Bonchev–Trinajstić information content (AvgIpc) is 2.70. The zero-order valence-electron chi connectivity index (χ0n) is 16.5. The van der Waals surface area contributed by atoms with E-state index in [9.17, 15) is 4.79 Å². The van der Waals surface area contributed by atoms with E-state index in [4.69, 9.17) is 4.74 Å². The fraction of sp³-hybridized carbons (Fsp3) is 0.409. The summed E-state index contributed by atoms with van der Waals surface area (Å²) in [6, 6.07) is 11.8. The molecular weight excluding hydrogens is 352 g/mol. The van der Waals surface area contributed by atoms with Gasteiger partial charge in [0.15, 0.2) is 11.5 Å². The van der Waals surface area contributed by atoms with Crippen molar-refractivity contribution in [3.63, 3.8) is 0 Å². The SMILES string of the molecule is CCCc1ccc(OC2CCN(c3nn4c(=O)ccnc4cc3C)CC2)cc1. The van der Waals surface area contributed by atoms with Crippen molar-refractivity contribution in [2.24, 2.45) is 0 Å². The number of nitrogens with zero attached hydrogens (tertiary/aromatic N) is 4. The second kappa shape index (κ2) is 8.00. The van der Waals surface area contributed by atoms with E-state index in [0.29, 0.717) is 5.65 Å². The highest BCUT2D eigenvalue weighted by Crippen LogP contribution is 2.24. The minimum Gasteiger partial charge on any atom is -0.490 e. The van der Waals surface area contributed by atoms with Crippen LogP contribution in [0.5, 0.6) is 5.75 Å². The van der Waals surface area contributed by atoms with Gasteiger partial charge in [-0.2, -0.15) is 4.52 Å². The van der Waals surface area contributed by atoms with Crippen LogP contribution in [0, 0.1) is 6.92 Å². The summed E-state index contributed by atoms with van der Waals surface area (Å²) in [6.45, 7) is 5.92. The number of aryl methyl sites for hydroxylation is 2. The number of piperidine rings is 1. The molecule has 4 rings (SSSR count). The third kappa shape index (κ3) is 3.86. The Morgan fingerprint density at radius 3 is 2.61 bits per heavy atom. The fourth-order valence-corrected chi connectivity index (χ4v) is 3.76. The first-order chi connectivity index (χ1) is 13.6. The van der Waals surface area contributed by atoms with Gasteiger partial charge in [0, 0.05) is 38.2 Å². The van der Waals surface area contributed by atoms with Gasteiger partial charge in [-0.1, -0.05) is 25.5 Å². The Morgan fingerprint density at radius 2 is 1.89 bits per heavy atom. The molecule has 6 nitrogen and oxygen atoms in total. The predicted molar refractivity (Wildman–Crippen MR) is 110 cm³/mol. The van der Waals surface area contributed by atoms with Gasteiger partial charge in [-0.15, -0.1) is 5.10 Å². The van der Waals surface area contributed by atoms with Gasteiger partial charge < -0.3 is 9.64 Å². The highest BCUT2D eigenvalue weighted by atomic mass is 16.5. The number of fused-ring (bicyclic) bond motifs is 1. The zero-order chi connectivity index (χ0) is 19.5. The number of benzene rings is 1. The molecule has 146 valence electrons. The van der Waals surface area contributed by atoms with Crippen LogP contribution in [0.3, 0.4) is 0 Å². The molecule has 0 aliphatic carbocycles. The number of ether oxygens (including phenoxy) is 1. The Kier molecular flexibility index (Phi) is 5.28. The van der Waals surface area contributed by atoms with Gasteiger partial charge in [0.2, 0.25) is 0 Å². The maximum Gasteiger partial charge on any atom is 0.274 e. The molecule has 2 aromatic heterocycles. The first-order valence-corrected chi connectivity index (χ1v) is 10.0. The van der Waals surface area contributed by atoms with E-state index in [2.05, 4.69) is 46.2 Å². The first-order valence-electron chi connectivity index (χ1n) is 10.0. The number of hydrogen-bond acceptors (Lipinski definition) is 5. The van der Waals surface area contributed by atoms with E-state index in [-0.39, 0.29) is 11.7 Å². The lowest BCUT2D eigenvalue weighted by molar-refractivity contribution is 0.170. The molecule has 1 aromatic carbocycles. The van der Waals surface area contributed by atoms with Crippen molar-refractivity contribution >= 4 is 11.5 Å². The molecule has 0 N–H and O–H groups in total. The molecule has 1 fully saturated rings. The quantitative estimate of drug-likeness (QED) is 0.681. The summed E-state index contributed by atoms with van der Waals surface area (Å²) < 4.78 is 7.56. The monoisotopic (exact) mass is 378 g/mol. The lowest BCUT2D eigenvalue weighted by Gasteiger charge is -2.33. The summed E-state index contributed by atoms with van der Waals surface area (Å²) in [6.07, 6.45) is 5.85. The second-order valence-electron chi connectivity index (χ2n) is 7.40. The van der Waals surface area contributed by atoms with E-state index < -0.39 is 0 Å². The summed E-state index contributed by atoms with van der Waals surface area (Å²) in [5.74, 6) is 1.79. The van der Waals surface area contributed by atoms with E-state index in [1.165, 1.54) is 22.3 Å². The standard InChI is InChI=1S/C22H26N4O2/c1-3-4-17-5-7-18(8-6-17)28-19-10-13-25(14-11-19)22-16(2)15-20-23-12-9-21(27)26(20)24-22/h5-9,12,15,19H,3-4,10-11,13-14H2,1-2H3. The van der Waals surface area contributed by atoms with Crippen molar-refractivity contribution in [1.82, 2.24) is 14.6 Å². The fourth-order valence-electron chi connectivity index (χ4n) is 3.76. The molecule has 0 atom stereocenters. The highest BCUT2D eigenvalue weighted by molar-refractivity contribution is 5.52. The van der Waals surface area contributed by atoms with Gasteiger partial charge in [0.05, 0.1) is 0 Å². The summed E-state index contributed by atoms with van der Waals surface area (Å²) in [7, 11) is 0. The number of aromatic nitrogens is 3. The van der Waals surface area contributed by atoms with Gasteiger partial charge in [0.1, 0.15) is 11.9 Å². The smallest absolute Gasteiger partial charge is 0.274 e. The third-order valence-electron chi connectivity index (χ3n) is 5.25. The molecule has 0 saturated carbocycles. The maximum atomic E-state index is 12.1. The molecule has 28 heavy (non-hydrogen) atoms. The van der Waals surface area contributed by atoms with Crippen LogP contribution in [0.15, 0.2) is 47.4 Å². The Balaban J connectivity index is 1.42. The van der Waals surface area contributed by atoms with Crippen LogP contribution < -0.4 is 15.2 Å². The Bertz CT molecular complexity index is 1010. The molecular formula is C22H26N4O2. The van der Waals surface area contributed by atoms with E-state index in [1.54, 1.807) is 0 Å². The van der Waals surface area contributed by atoms with Crippen molar-refractivity contribution in [2.45, 2.75) is 45.6 Å². The van der Waals surface area contributed by atoms with Gasteiger partial charge >= 0.3 is 0 Å². The van der Waals surface area contributed by atoms with Crippen molar-refractivity contribution in [3.05, 3.63) is 64.1 Å². The molecule has 6 heteroatoms. The second-order valence-corrected chi connectivity index (χ2v) is 7.40. The van der Waals surface area contributed by atoms with Gasteiger partial charge in [-0.25, -0.2) is 4.98 Å². The summed E-state index contributed by atoms with van der Waals surface area (Å²) >= 11 is 0. The van der Waals surface area contributed by atoms with E-state index in [1.807, 2.05) is 13.0 Å². The van der Waals surface area contributed by atoms with Crippen molar-refractivity contribution in [1.29, 1.82) is 0 Å². The topological polar surface area (TPSA) is 59.7 Å². The largest absolute Gasteiger partial charge is 0.490 e. The van der Waals surface area contributed by atoms with Crippen LogP contribution in [0.25, 0.3) is 5.65 Å². The number of anilines is 1. The van der Waals surface area contributed by atoms with E-state index in [0.717, 1.165) is 55.9 Å². The number of rotatable bonds is 5. The van der Waals surface area contributed by atoms with Gasteiger partial charge in [-0.05, 0) is 42.7 Å². The molecule has 0 unspecified atom stereocenters. The van der Waals surface area contributed by atoms with Crippen molar-refractivity contribution in [3.8, 4) is 5.75 Å². The molecule has 1 aliphatic rings.